The van der Waals surface area contributed by atoms with Gasteiger partial charge in [0.05, 0.1) is 12.4 Å². The molecule has 9 N–H and O–H groups in total. The Labute approximate surface area is 206 Å². The van der Waals surface area contributed by atoms with Gasteiger partial charge in [0.2, 0.25) is 17.7 Å². The Morgan fingerprint density at radius 3 is 2.09 bits per heavy atom. The summed E-state index contributed by atoms with van der Waals surface area (Å²) in [6, 6.07) is -3.92. The third-order valence-corrected chi connectivity index (χ3v) is 5.53. The van der Waals surface area contributed by atoms with Crippen molar-refractivity contribution >= 4 is 23.7 Å². The molecular formula is C23H41N7O5. The highest BCUT2D eigenvalue weighted by molar-refractivity contribution is 5.94. The Balaban J connectivity index is 3.05. The van der Waals surface area contributed by atoms with Crippen molar-refractivity contribution in [3.8, 4) is 0 Å². The second kappa shape index (κ2) is 15.1. The van der Waals surface area contributed by atoms with Gasteiger partial charge >= 0.3 is 5.97 Å². The van der Waals surface area contributed by atoms with Crippen LogP contribution in [0, 0.1) is 11.8 Å². The molecule has 1 aromatic heterocycles. The third kappa shape index (κ3) is 10.9. The predicted molar refractivity (Wildman–Crippen MR) is 131 cm³/mol. The summed E-state index contributed by atoms with van der Waals surface area (Å²) in [6.45, 7) is 7.71. The van der Waals surface area contributed by atoms with Gasteiger partial charge in [0.25, 0.3) is 0 Å². The predicted octanol–water partition coefficient (Wildman–Crippen LogP) is -0.350. The van der Waals surface area contributed by atoms with Crippen molar-refractivity contribution in [3.05, 3.63) is 18.2 Å². The lowest BCUT2D eigenvalue weighted by molar-refractivity contribution is -0.142. The topological polar surface area (TPSA) is 205 Å². The minimum atomic E-state index is -1.15. The van der Waals surface area contributed by atoms with E-state index in [1.54, 1.807) is 13.8 Å². The zero-order valence-corrected chi connectivity index (χ0v) is 21.0. The first-order valence-corrected chi connectivity index (χ1v) is 12.0. The number of unbranched alkanes of at least 4 members (excludes halogenated alkanes) is 1. The molecule has 1 aromatic rings. The number of aromatic amines is 1. The fourth-order valence-electron chi connectivity index (χ4n) is 3.40. The Bertz CT molecular complexity index is 813. The molecule has 1 rings (SSSR count). The molecule has 1 heterocycles. The lowest BCUT2D eigenvalue weighted by Gasteiger charge is -2.26. The van der Waals surface area contributed by atoms with E-state index in [9.17, 15) is 24.3 Å². The van der Waals surface area contributed by atoms with Crippen LogP contribution >= 0.6 is 0 Å². The third-order valence-electron chi connectivity index (χ3n) is 5.53. The molecule has 35 heavy (non-hydrogen) atoms. The van der Waals surface area contributed by atoms with Gasteiger partial charge in [-0.15, -0.1) is 0 Å². The van der Waals surface area contributed by atoms with E-state index in [2.05, 4.69) is 25.9 Å². The van der Waals surface area contributed by atoms with Crippen molar-refractivity contribution in [2.75, 3.05) is 6.54 Å². The van der Waals surface area contributed by atoms with Gasteiger partial charge in [-0.2, -0.15) is 0 Å². The summed E-state index contributed by atoms with van der Waals surface area (Å²) in [5.41, 5.74) is 12.1. The number of amides is 3. The summed E-state index contributed by atoms with van der Waals surface area (Å²) in [4.78, 5) is 57.2. The van der Waals surface area contributed by atoms with Gasteiger partial charge in [0.1, 0.15) is 18.1 Å². The van der Waals surface area contributed by atoms with Gasteiger partial charge in [0, 0.05) is 18.3 Å². The lowest BCUT2D eigenvalue weighted by Crippen LogP contribution is -2.58. The van der Waals surface area contributed by atoms with Crippen LogP contribution in [0.2, 0.25) is 0 Å². The van der Waals surface area contributed by atoms with E-state index in [-0.39, 0.29) is 31.1 Å². The summed E-state index contributed by atoms with van der Waals surface area (Å²) in [5, 5.41) is 17.4. The summed E-state index contributed by atoms with van der Waals surface area (Å²) < 4.78 is 0. The molecule has 3 amide bonds. The minimum absolute atomic E-state index is 0.0424. The SMILES string of the molecule is CC(C)CC(NC(=O)C(CCCCN)NC(=O)C(Cc1cnc[nH]1)NC(=O)C(N)C(C)C)C(=O)O. The molecule has 12 heteroatoms. The molecule has 0 spiro atoms. The normalized spacial score (nSPS) is 14.7. The van der Waals surface area contributed by atoms with E-state index < -0.39 is 47.9 Å². The zero-order valence-electron chi connectivity index (χ0n) is 21.0. The molecule has 0 saturated heterocycles. The summed E-state index contributed by atoms with van der Waals surface area (Å²) in [7, 11) is 0. The Morgan fingerprint density at radius 1 is 0.971 bits per heavy atom. The van der Waals surface area contributed by atoms with Crippen molar-refractivity contribution in [2.45, 2.75) is 84.0 Å². The number of carboxylic acids is 1. The van der Waals surface area contributed by atoms with E-state index in [1.807, 2.05) is 13.8 Å². The van der Waals surface area contributed by atoms with Crippen molar-refractivity contribution in [2.24, 2.45) is 23.3 Å². The molecule has 0 aliphatic rings. The van der Waals surface area contributed by atoms with Gasteiger partial charge in [-0.1, -0.05) is 27.7 Å². The van der Waals surface area contributed by atoms with Crippen molar-refractivity contribution in [1.29, 1.82) is 0 Å². The number of aliphatic carboxylic acids is 1. The van der Waals surface area contributed by atoms with Gasteiger partial charge in [0.15, 0.2) is 0 Å². The minimum Gasteiger partial charge on any atom is -0.480 e. The molecule has 198 valence electrons. The van der Waals surface area contributed by atoms with Gasteiger partial charge in [-0.05, 0) is 44.1 Å². The zero-order chi connectivity index (χ0) is 26.5. The molecule has 0 radical (unpaired) electrons. The maximum atomic E-state index is 13.2. The fraction of sp³-hybridized carbons (Fsp3) is 0.696. The number of hydrogen-bond donors (Lipinski definition) is 7. The summed E-state index contributed by atoms with van der Waals surface area (Å²) >= 11 is 0. The maximum Gasteiger partial charge on any atom is 0.326 e. The molecule has 0 aliphatic heterocycles. The van der Waals surface area contributed by atoms with Crippen LogP contribution in [0.1, 0.15) is 59.1 Å². The van der Waals surface area contributed by atoms with E-state index >= 15 is 0 Å². The molecule has 4 atom stereocenters. The number of H-pyrrole nitrogens is 1. The highest BCUT2D eigenvalue weighted by Gasteiger charge is 2.31. The number of nitrogens with one attached hydrogen (secondary N) is 4. The first-order valence-electron chi connectivity index (χ1n) is 12.0. The van der Waals surface area contributed by atoms with Crippen LogP contribution in [-0.4, -0.2) is 69.5 Å². The average Bonchev–Trinajstić information content (AvgIpc) is 3.29. The second-order valence-corrected chi connectivity index (χ2v) is 9.49. The molecule has 0 aromatic carbocycles. The summed E-state index contributed by atoms with van der Waals surface area (Å²) in [6.07, 6.45) is 4.78. The quantitative estimate of drug-likeness (QED) is 0.150. The maximum absolute atomic E-state index is 13.2. The van der Waals surface area contributed by atoms with Crippen molar-refractivity contribution in [1.82, 2.24) is 25.9 Å². The monoisotopic (exact) mass is 495 g/mol. The highest BCUT2D eigenvalue weighted by Crippen LogP contribution is 2.09. The molecule has 0 bridgehead atoms. The molecule has 12 nitrogen and oxygen atoms in total. The first-order chi connectivity index (χ1) is 16.5. The van der Waals surface area contributed by atoms with Crippen LogP contribution in [0.5, 0.6) is 0 Å². The first kappa shape index (κ1) is 30.0. The Hall–Kier alpha value is -2.99. The molecular weight excluding hydrogens is 454 g/mol. The largest absolute Gasteiger partial charge is 0.480 e. The number of aromatic nitrogens is 2. The summed E-state index contributed by atoms with van der Waals surface area (Å²) in [5.74, 6) is -2.94. The number of carbonyl (C=O) groups excluding carboxylic acids is 3. The van der Waals surface area contributed by atoms with Crippen LogP contribution in [0.15, 0.2) is 12.5 Å². The number of rotatable bonds is 16. The van der Waals surface area contributed by atoms with Gasteiger partial charge < -0.3 is 37.5 Å². The number of carbonyl (C=O) groups is 4. The molecule has 0 fully saturated rings. The van der Waals surface area contributed by atoms with Crippen LogP contribution < -0.4 is 27.4 Å². The van der Waals surface area contributed by atoms with Crippen molar-refractivity contribution in [3.63, 3.8) is 0 Å². The van der Waals surface area contributed by atoms with Crippen molar-refractivity contribution < 1.29 is 24.3 Å². The number of carboxylic acid groups (broad SMARTS) is 1. The standard InChI is InChI=1S/C23H41N7O5/c1-13(2)9-18(23(34)35)30-20(31)16(7-5-6-8-24)28-21(32)17(10-15-11-26-12-27-15)29-22(33)19(25)14(3)4/h11-14,16-19H,5-10,24-25H2,1-4H3,(H,26,27)(H,28,32)(H,29,33)(H,30,31)(H,34,35). The van der Waals surface area contributed by atoms with E-state index in [0.717, 1.165) is 0 Å². The second-order valence-electron chi connectivity index (χ2n) is 9.49. The Morgan fingerprint density at radius 2 is 1.57 bits per heavy atom. The number of nitrogens with two attached hydrogens (primary N) is 2. The van der Waals surface area contributed by atoms with Crippen LogP contribution in [0.25, 0.3) is 0 Å². The van der Waals surface area contributed by atoms with E-state index in [4.69, 9.17) is 11.5 Å². The fourth-order valence-corrected chi connectivity index (χ4v) is 3.40. The molecule has 0 aliphatic carbocycles. The van der Waals surface area contributed by atoms with Gasteiger partial charge in [-0.25, -0.2) is 9.78 Å². The van der Waals surface area contributed by atoms with E-state index in [1.165, 1.54) is 12.5 Å². The Kier molecular flexibility index (Phi) is 13.0. The van der Waals surface area contributed by atoms with Crippen LogP contribution in [0.3, 0.4) is 0 Å². The number of hydrogen-bond acceptors (Lipinski definition) is 7. The lowest BCUT2D eigenvalue weighted by atomic mass is 10.0. The number of nitrogens with zero attached hydrogens (tertiary/aromatic N) is 1. The molecule has 4 unspecified atom stereocenters. The van der Waals surface area contributed by atoms with Gasteiger partial charge in [-0.3, -0.25) is 14.4 Å². The van der Waals surface area contributed by atoms with Crippen LogP contribution in [-0.2, 0) is 25.6 Å². The highest BCUT2D eigenvalue weighted by atomic mass is 16.4. The smallest absolute Gasteiger partial charge is 0.326 e. The van der Waals surface area contributed by atoms with E-state index in [0.29, 0.717) is 25.1 Å². The van der Waals surface area contributed by atoms with Crippen LogP contribution in [0.4, 0.5) is 0 Å². The number of imidazole rings is 1. The molecule has 0 saturated carbocycles. The average molecular weight is 496 g/mol.